The molecule has 1 aliphatic rings. The highest BCUT2D eigenvalue weighted by Gasteiger charge is 2.30. The predicted octanol–water partition coefficient (Wildman–Crippen LogP) is 2.36. The summed E-state index contributed by atoms with van der Waals surface area (Å²) >= 11 is 12.2. The summed E-state index contributed by atoms with van der Waals surface area (Å²) in [4.78, 5) is 15.7. The monoisotopic (exact) mass is 302 g/mol. The fraction of sp³-hybridized carbons (Fsp3) is 0.462. The van der Waals surface area contributed by atoms with Crippen LogP contribution in [0.3, 0.4) is 0 Å². The Morgan fingerprint density at radius 1 is 1.37 bits per heavy atom. The maximum Gasteiger partial charge on any atom is 0.239 e. The van der Waals surface area contributed by atoms with E-state index in [1.807, 2.05) is 11.8 Å². The maximum absolute atomic E-state index is 11.9. The molecule has 1 aromatic rings. The van der Waals surface area contributed by atoms with Gasteiger partial charge in [0.2, 0.25) is 5.91 Å². The first-order valence-electron chi connectivity index (χ1n) is 6.06. The minimum atomic E-state index is -0.215. The topological polar surface area (TPSA) is 43.8 Å². The molecule has 0 bridgehead atoms. The van der Waals surface area contributed by atoms with Crippen LogP contribution in [0.15, 0.2) is 12.1 Å². The van der Waals surface area contributed by atoms with E-state index in [0.29, 0.717) is 23.7 Å². The highest BCUT2D eigenvalue weighted by molar-refractivity contribution is 6.36. The smallest absolute Gasteiger partial charge is 0.239 e. The Balaban J connectivity index is 2.22. The Hall–Kier alpha value is -0.970. The van der Waals surface area contributed by atoms with Gasteiger partial charge in [-0.2, -0.15) is 0 Å². The molecule has 1 N–H and O–H groups in total. The summed E-state index contributed by atoms with van der Waals surface area (Å²) in [5.41, 5.74) is 0.660. The largest absolute Gasteiger partial charge is 0.506 e. The molecule has 0 spiro atoms. The average Bonchev–Trinajstić information content (AvgIpc) is 2.39. The Labute approximate surface area is 122 Å². The van der Waals surface area contributed by atoms with Crippen molar-refractivity contribution in [3.8, 4) is 5.75 Å². The number of halogens is 2. The molecule has 0 aliphatic carbocycles. The molecule has 1 aliphatic heterocycles. The molecule has 0 radical (unpaired) electrons. The number of hydrogen-bond acceptors (Lipinski definition) is 3. The molecule has 2 rings (SSSR count). The zero-order valence-corrected chi connectivity index (χ0v) is 12.4. The van der Waals surface area contributed by atoms with E-state index in [1.165, 1.54) is 6.07 Å². The number of piperazine rings is 1. The summed E-state index contributed by atoms with van der Waals surface area (Å²) in [6.45, 7) is 3.75. The molecule has 1 unspecified atom stereocenters. The van der Waals surface area contributed by atoms with Crippen LogP contribution in [0.25, 0.3) is 0 Å². The molecule has 0 aromatic heterocycles. The standard InChI is InChI=1S/C13H16Cl2N2O2/c1-8-13(19)16(2)5-6-17(8)7-9-10(14)3-4-11(18)12(9)15/h3-4,8,18H,5-7H2,1-2H3. The third-order valence-electron chi connectivity index (χ3n) is 3.53. The van der Waals surface area contributed by atoms with Crippen molar-refractivity contribution in [1.29, 1.82) is 0 Å². The van der Waals surface area contributed by atoms with Crippen molar-refractivity contribution in [2.45, 2.75) is 19.5 Å². The number of phenols is 1. The van der Waals surface area contributed by atoms with Crippen molar-refractivity contribution in [3.63, 3.8) is 0 Å². The number of amides is 1. The minimum Gasteiger partial charge on any atom is -0.506 e. The van der Waals surface area contributed by atoms with E-state index in [4.69, 9.17) is 23.2 Å². The lowest BCUT2D eigenvalue weighted by Gasteiger charge is -2.37. The number of hydrogen-bond donors (Lipinski definition) is 1. The lowest BCUT2D eigenvalue weighted by atomic mass is 10.1. The lowest BCUT2D eigenvalue weighted by molar-refractivity contribution is -0.139. The third-order valence-corrected chi connectivity index (χ3v) is 4.31. The van der Waals surface area contributed by atoms with E-state index in [0.717, 1.165) is 6.54 Å². The summed E-state index contributed by atoms with van der Waals surface area (Å²) in [5, 5.41) is 10.4. The molecule has 6 heteroatoms. The molecule has 19 heavy (non-hydrogen) atoms. The van der Waals surface area contributed by atoms with Crippen LogP contribution in [0.5, 0.6) is 5.75 Å². The Morgan fingerprint density at radius 3 is 2.74 bits per heavy atom. The van der Waals surface area contributed by atoms with E-state index < -0.39 is 0 Å². The first-order chi connectivity index (χ1) is 8.91. The van der Waals surface area contributed by atoms with Gasteiger partial charge in [0.15, 0.2) is 0 Å². The van der Waals surface area contributed by atoms with Gasteiger partial charge in [-0.15, -0.1) is 0 Å². The molecule has 1 saturated heterocycles. The lowest BCUT2D eigenvalue weighted by Crippen LogP contribution is -2.53. The van der Waals surface area contributed by atoms with Gasteiger partial charge in [0.25, 0.3) is 0 Å². The van der Waals surface area contributed by atoms with Gasteiger partial charge in [0, 0.05) is 37.3 Å². The van der Waals surface area contributed by atoms with Crippen LogP contribution in [0.2, 0.25) is 10.0 Å². The van der Waals surface area contributed by atoms with Gasteiger partial charge < -0.3 is 10.0 Å². The first-order valence-corrected chi connectivity index (χ1v) is 6.82. The predicted molar refractivity (Wildman–Crippen MR) is 75.6 cm³/mol. The van der Waals surface area contributed by atoms with Gasteiger partial charge in [-0.05, 0) is 19.1 Å². The van der Waals surface area contributed by atoms with Crippen LogP contribution in [0.4, 0.5) is 0 Å². The number of likely N-dealkylation sites (N-methyl/N-ethyl adjacent to an activating group) is 1. The molecule has 1 aromatic carbocycles. The van der Waals surface area contributed by atoms with Crippen LogP contribution in [-0.2, 0) is 11.3 Å². The average molecular weight is 303 g/mol. The van der Waals surface area contributed by atoms with E-state index in [1.54, 1.807) is 18.0 Å². The molecular formula is C13H16Cl2N2O2. The van der Waals surface area contributed by atoms with Gasteiger partial charge in [-0.1, -0.05) is 23.2 Å². The van der Waals surface area contributed by atoms with E-state index in [-0.39, 0.29) is 22.7 Å². The van der Waals surface area contributed by atoms with Crippen molar-refractivity contribution < 1.29 is 9.90 Å². The molecule has 1 amide bonds. The Morgan fingerprint density at radius 2 is 2.05 bits per heavy atom. The maximum atomic E-state index is 11.9. The molecule has 1 fully saturated rings. The second kappa shape index (κ2) is 5.57. The van der Waals surface area contributed by atoms with Crippen molar-refractivity contribution in [1.82, 2.24) is 9.80 Å². The zero-order valence-electron chi connectivity index (χ0n) is 10.9. The SMILES string of the molecule is CC1C(=O)N(C)CCN1Cc1c(Cl)ccc(O)c1Cl. The molecule has 104 valence electrons. The zero-order chi connectivity index (χ0) is 14.2. The summed E-state index contributed by atoms with van der Waals surface area (Å²) < 4.78 is 0. The van der Waals surface area contributed by atoms with E-state index in [9.17, 15) is 9.90 Å². The molecule has 1 atom stereocenters. The van der Waals surface area contributed by atoms with Gasteiger partial charge in [-0.25, -0.2) is 0 Å². The molecule has 1 heterocycles. The van der Waals surface area contributed by atoms with Crippen LogP contribution in [-0.4, -0.2) is 47.0 Å². The number of carbonyl (C=O) groups is 1. The number of carbonyl (C=O) groups excluding carboxylic acids is 1. The van der Waals surface area contributed by atoms with Crippen LogP contribution < -0.4 is 0 Å². The Bertz CT molecular complexity index is 508. The fourth-order valence-corrected chi connectivity index (χ4v) is 2.70. The highest BCUT2D eigenvalue weighted by Crippen LogP contribution is 2.33. The van der Waals surface area contributed by atoms with Crippen molar-refractivity contribution >= 4 is 29.1 Å². The number of benzene rings is 1. The highest BCUT2D eigenvalue weighted by atomic mass is 35.5. The van der Waals surface area contributed by atoms with Gasteiger partial charge in [0.05, 0.1) is 11.1 Å². The second-order valence-corrected chi connectivity index (χ2v) is 5.55. The van der Waals surface area contributed by atoms with Crippen molar-refractivity contribution in [2.75, 3.05) is 20.1 Å². The molecule has 0 saturated carbocycles. The van der Waals surface area contributed by atoms with Gasteiger partial charge >= 0.3 is 0 Å². The second-order valence-electron chi connectivity index (χ2n) is 4.77. The van der Waals surface area contributed by atoms with E-state index >= 15 is 0 Å². The summed E-state index contributed by atoms with van der Waals surface area (Å²) in [7, 11) is 1.80. The summed E-state index contributed by atoms with van der Waals surface area (Å²) in [6, 6.07) is 2.86. The van der Waals surface area contributed by atoms with Crippen molar-refractivity contribution in [3.05, 3.63) is 27.7 Å². The van der Waals surface area contributed by atoms with Crippen LogP contribution >= 0.6 is 23.2 Å². The van der Waals surface area contributed by atoms with Crippen molar-refractivity contribution in [2.24, 2.45) is 0 Å². The van der Waals surface area contributed by atoms with Gasteiger partial charge in [0.1, 0.15) is 5.75 Å². The minimum absolute atomic E-state index is 0.00849. The van der Waals surface area contributed by atoms with Crippen LogP contribution in [0.1, 0.15) is 12.5 Å². The normalized spacial score (nSPS) is 20.9. The third kappa shape index (κ3) is 2.81. The number of rotatable bonds is 2. The van der Waals surface area contributed by atoms with Crippen LogP contribution in [0, 0.1) is 0 Å². The first kappa shape index (κ1) is 14.4. The van der Waals surface area contributed by atoms with E-state index in [2.05, 4.69) is 0 Å². The summed E-state index contributed by atoms with van der Waals surface area (Å²) in [6.07, 6.45) is 0. The number of nitrogens with zero attached hydrogens (tertiary/aromatic N) is 2. The summed E-state index contributed by atoms with van der Waals surface area (Å²) in [5.74, 6) is 0.0906. The molecular weight excluding hydrogens is 287 g/mol. The number of phenolic OH excluding ortho intramolecular Hbond substituents is 1. The van der Waals surface area contributed by atoms with Gasteiger partial charge in [-0.3, -0.25) is 9.69 Å². The number of aromatic hydroxyl groups is 1. The Kier molecular flexibility index (Phi) is 4.23. The molecule has 4 nitrogen and oxygen atoms in total. The quantitative estimate of drug-likeness (QED) is 0.912. The fourth-order valence-electron chi connectivity index (χ4n) is 2.21.